The smallest absolute Gasteiger partial charge is 0.198 e. The molecular formula is C27H34N2O3. The lowest BCUT2D eigenvalue weighted by molar-refractivity contribution is 0.103. The minimum absolute atomic E-state index is 0.0424. The van der Waals surface area contributed by atoms with Gasteiger partial charge >= 0.3 is 0 Å². The summed E-state index contributed by atoms with van der Waals surface area (Å²) in [7, 11) is 0. The molecule has 0 aromatic heterocycles. The summed E-state index contributed by atoms with van der Waals surface area (Å²) >= 11 is 0. The predicted octanol–water partition coefficient (Wildman–Crippen LogP) is 4.72. The van der Waals surface area contributed by atoms with E-state index >= 15 is 0 Å². The van der Waals surface area contributed by atoms with Crippen molar-refractivity contribution in [3.05, 3.63) is 47.5 Å². The molecule has 5 heteroatoms. The highest BCUT2D eigenvalue weighted by molar-refractivity contribution is 6.24. The number of rotatable bonds is 8. The van der Waals surface area contributed by atoms with Crippen LogP contribution in [-0.2, 0) is 0 Å². The molecule has 2 atom stereocenters. The number of ether oxygens (including phenoxy) is 2. The summed E-state index contributed by atoms with van der Waals surface area (Å²) in [6.07, 6.45) is 9.48. The monoisotopic (exact) mass is 434 g/mol. The van der Waals surface area contributed by atoms with Crippen LogP contribution < -0.4 is 20.1 Å². The van der Waals surface area contributed by atoms with Gasteiger partial charge in [0.15, 0.2) is 5.78 Å². The Bertz CT molecular complexity index is 946. The molecule has 2 saturated heterocycles. The van der Waals surface area contributed by atoms with Gasteiger partial charge in [-0.3, -0.25) is 4.79 Å². The Morgan fingerprint density at radius 3 is 1.84 bits per heavy atom. The van der Waals surface area contributed by atoms with Crippen LogP contribution in [0, 0.1) is 0 Å². The van der Waals surface area contributed by atoms with Crippen molar-refractivity contribution in [2.24, 2.45) is 0 Å². The summed E-state index contributed by atoms with van der Waals surface area (Å²) in [5.74, 6) is 1.53. The van der Waals surface area contributed by atoms with Crippen LogP contribution in [0.3, 0.4) is 0 Å². The third-order valence-electron chi connectivity index (χ3n) is 7.07. The van der Waals surface area contributed by atoms with E-state index in [0.29, 0.717) is 36.6 Å². The van der Waals surface area contributed by atoms with E-state index in [1.54, 1.807) is 0 Å². The van der Waals surface area contributed by atoms with Crippen molar-refractivity contribution in [1.29, 1.82) is 0 Å². The fourth-order valence-electron chi connectivity index (χ4n) is 5.31. The first-order valence-electron chi connectivity index (χ1n) is 12.3. The molecule has 2 aliphatic heterocycles. The number of ketones is 1. The quantitative estimate of drug-likeness (QED) is 0.537. The maximum atomic E-state index is 13.3. The van der Waals surface area contributed by atoms with Crippen LogP contribution in [-0.4, -0.2) is 44.2 Å². The largest absolute Gasteiger partial charge is 0.493 e. The Morgan fingerprint density at radius 2 is 1.28 bits per heavy atom. The van der Waals surface area contributed by atoms with Gasteiger partial charge in [0.1, 0.15) is 11.5 Å². The van der Waals surface area contributed by atoms with Gasteiger partial charge in [0, 0.05) is 28.8 Å². The molecule has 5 nitrogen and oxygen atoms in total. The van der Waals surface area contributed by atoms with E-state index < -0.39 is 0 Å². The van der Waals surface area contributed by atoms with Crippen molar-refractivity contribution in [3.63, 3.8) is 0 Å². The second kappa shape index (κ2) is 10.1. The van der Waals surface area contributed by atoms with E-state index in [0.717, 1.165) is 48.4 Å². The lowest BCUT2D eigenvalue weighted by Gasteiger charge is -2.23. The van der Waals surface area contributed by atoms with Crippen molar-refractivity contribution in [2.45, 2.75) is 63.5 Å². The van der Waals surface area contributed by atoms with Crippen molar-refractivity contribution in [1.82, 2.24) is 10.6 Å². The molecule has 5 rings (SSSR count). The average molecular weight is 435 g/mol. The lowest BCUT2D eigenvalue weighted by Crippen LogP contribution is -2.35. The molecule has 0 amide bonds. The molecule has 2 N–H and O–H groups in total. The van der Waals surface area contributed by atoms with Gasteiger partial charge in [0.25, 0.3) is 0 Å². The maximum Gasteiger partial charge on any atom is 0.198 e. The second-order valence-electron chi connectivity index (χ2n) is 9.25. The first-order valence-corrected chi connectivity index (χ1v) is 12.3. The van der Waals surface area contributed by atoms with Gasteiger partial charge in [-0.2, -0.15) is 0 Å². The second-order valence-corrected chi connectivity index (χ2v) is 9.25. The standard InChI is InChI=1S/C27H34N2O3/c30-27-22-10-6-11-23(31-17-13-19-7-1-3-15-28-19)25(22)21-9-5-12-24(26(21)27)32-18-14-20-8-2-4-16-29-20/h5-6,9-12,19-20,28-29H,1-4,7-8,13-18H2. The zero-order valence-corrected chi connectivity index (χ0v) is 18.8. The number of carbonyl (C=O) groups is 1. The normalized spacial score (nSPS) is 22.3. The molecule has 2 aromatic rings. The Labute approximate surface area is 190 Å². The number of benzene rings is 2. The van der Waals surface area contributed by atoms with Gasteiger partial charge in [0.05, 0.1) is 18.8 Å². The van der Waals surface area contributed by atoms with E-state index in [4.69, 9.17) is 9.47 Å². The number of nitrogens with one attached hydrogen (secondary N) is 2. The van der Waals surface area contributed by atoms with Crippen molar-refractivity contribution < 1.29 is 14.3 Å². The highest BCUT2D eigenvalue weighted by atomic mass is 16.5. The molecule has 0 bridgehead atoms. The van der Waals surface area contributed by atoms with Crippen molar-refractivity contribution in [2.75, 3.05) is 26.3 Å². The average Bonchev–Trinajstić information content (AvgIpc) is 3.14. The molecule has 2 fully saturated rings. The topological polar surface area (TPSA) is 59.6 Å². The highest BCUT2D eigenvalue weighted by Crippen LogP contribution is 2.45. The van der Waals surface area contributed by atoms with E-state index in [2.05, 4.69) is 10.6 Å². The van der Waals surface area contributed by atoms with Crippen LogP contribution in [0.2, 0.25) is 0 Å². The number of hydrogen-bond acceptors (Lipinski definition) is 5. The van der Waals surface area contributed by atoms with E-state index in [1.807, 2.05) is 36.4 Å². The Kier molecular flexibility index (Phi) is 6.75. The molecular weight excluding hydrogens is 400 g/mol. The molecule has 1 aliphatic carbocycles. The molecule has 2 aromatic carbocycles. The fourth-order valence-corrected chi connectivity index (χ4v) is 5.31. The van der Waals surface area contributed by atoms with Gasteiger partial charge in [-0.1, -0.05) is 37.1 Å². The van der Waals surface area contributed by atoms with Crippen LogP contribution in [0.5, 0.6) is 11.5 Å². The zero-order valence-electron chi connectivity index (χ0n) is 18.8. The molecule has 170 valence electrons. The molecule has 0 spiro atoms. The van der Waals surface area contributed by atoms with Crippen LogP contribution in [0.4, 0.5) is 0 Å². The Hall–Kier alpha value is -2.37. The van der Waals surface area contributed by atoms with Crippen molar-refractivity contribution in [3.8, 4) is 22.6 Å². The van der Waals surface area contributed by atoms with E-state index in [9.17, 15) is 4.79 Å². The number of fused-ring (bicyclic) bond motifs is 3. The first-order chi connectivity index (χ1) is 15.8. The van der Waals surface area contributed by atoms with Gasteiger partial charge in [-0.25, -0.2) is 0 Å². The minimum atomic E-state index is 0.0424. The molecule has 32 heavy (non-hydrogen) atoms. The number of hydrogen-bond donors (Lipinski definition) is 2. The summed E-state index contributed by atoms with van der Waals surface area (Å²) in [6.45, 7) is 3.48. The Morgan fingerprint density at radius 1 is 0.719 bits per heavy atom. The van der Waals surface area contributed by atoms with Crippen LogP contribution in [0.1, 0.15) is 67.3 Å². The van der Waals surface area contributed by atoms with Crippen molar-refractivity contribution >= 4 is 5.78 Å². The summed E-state index contributed by atoms with van der Waals surface area (Å²) in [6, 6.07) is 12.8. The number of piperidine rings is 2. The Balaban J connectivity index is 1.29. The van der Waals surface area contributed by atoms with Crippen LogP contribution >= 0.6 is 0 Å². The zero-order chi connectivity index (χ0) is 21.8. The molecule has 0 saturated carbocycles. The lowest BCUT2D eigenvalue weighted by atomic mass is 10.0. The van der Waals surface area contributed by atoms with Gasteiger partial charge in [0.2, 0.25) is 0 Å². The van der Waals surface area contributed by atoms with Gasteiger partial charge in [-0.05, 0) is 63.7 Å². The fraction of sp³-hybridized carbons (Fsp3) is 0.519. The summed E-state index contributed by atoms with van der Waals surface area (Å²) < 4.78 is 12.4. The van der Waals surface area contributed by atoms with E-state index in [-0.39, 0.29) is 5.78 Å². The molecule has 2 unspecified atom stereocenters. The first kappa shape index (κ1) is 21.5. The number of carbonyl (C=O) groups excluding carboxylic acids is 1. The SMILES string of the molecule is O=C1c2cccc(OCCC3CCCCN3)c2-c2cccc(OCCC3CCCCN3)c21. The van der Waals surface area contributed by atoms with Crippen LogP contribution in [0.25, 0.3) is 11.1 Å². The third kappa shape index (κ3) is 4.55. The highest BCUT2D eigenvalue weighted by Gasteiger charge is 2.32. The predicted molar refractivity (Wildman–Crippen MR) is 127 cm³/mol. The summed E-state index contributed by atoms with van der Waals surface area (Å²) in [5, 5.41) is 7.14. The molecule has 0 radical (unpaired) electrons. The molecule has 3 aliphatic rings. The van der Waals surface area contributed by atoms with Gasteiger partial charge in [-0.15, -0.1) is 0 Å². The molecule has 2 heterocycles. The third-order valence-corrected chi connectivity index (χ3v) is 7.07. The summed E-state index contributed by atoms with van der Waals surface area (Å²) in [5.41, 5.74) is 3.26. The summed E-state index contributed by atoms with van der Waals surface area (Å²) in [4.78, 5) is 13.3. The van der Waals surface area contributed by atoms with Crippen LogP contribution in [0.15, 0.2) is 36.4 Å². The van der Waals surface area contributed by atoms with E-state index in [1.165, 1.54) is 38.5 Å². The van der Waals surface area contributed by atoms with Gasteiger partial charge < -0.3 is 20.1 Å². The minimum Gasteiger partial charge on any atom is -0.493 e. The maximum absolute atomic E-state index is 13.3.